The molecule has 0 radical (unpaired) electrons. The predicted molar refractivity (Wildman–Crippen MR) is 145 cm³/mol. The number of hydrogen-bond acceptors (Lipinski definition) is 6. The van der Waals surface area contributed by atoms with Crippen LogP contribution in [0.3, 0.4) is 0 Å². The van der Waals surface area contributed by atoms with Crippen molar-refractivity contribution >= 4 is 17.7 Å². The third-order valence-electron chi connectivity index (χ3n) is 7.04. The number of nitrogens with zero attached hydrogens (tertiary/aromatic N) is 1. The maximum Gasteiger partial charge on any atom is 0.258 e. The third kappa shape index (κ3) is 5.82. The van der Waals surface area contributed by atoms with Crippen LogP contribution in [0.2, 0.25) is 0 Å². The van der Waals surface area contributed by atoms with Gasteiger partial charge in [0, 0.05) is 25.6 Å². The molecule has 9 nitrogen and oxygen atoms in total. The summed E-state index contributed by atoms with van der Waals surface area (Å²) in [6.07, 6.45) is -0.485. The number of carbonyl (C=O) groups is 3. The van der Waals surface area contributed by atoms with Crippen LogP contribution in [-0.4, -0.2) is 61.6 Å². The van der Waals surface area contributed by atoms with E-state index in [4.69, 9.17) is 14.2 Å². The first-order valence-electron chi connectivity index (χ1n) is 12.8. The van der Waals surface area contributed by atoms with Crippen LogP contribution < -0.4 is 24.8 Å². The first-order valence-corrected chi connectivity index (χ1v) is 12.8. The molecular weight excluding hydrogens is 498 g/mol. The van der Waals surface area contributed by atoms with Crippen molar-refractivity contribution in [2.45, 2.75) is 32.5 Å². The van der Waals surface area contributed by atoms with E-state index in [1.807, 2.05) is 43.3 Å². The fourth-order valence-electron chi connectivity index (χ4n) is 4.85. The van der Waals surface area contributed by atoms with Gasteiger partial charge in [0.15, 0.2) is 18.1 Å². The van der Waals surface area contributed by atoms with E-state index < -0.39 is 12.1 Å². The zero-order chi connectivity index (χ0) is 27.5. The van der Waals surface area contributed by atoms with E-state index in [2.05, 4.69) is 10.6 Å². The smallest absolute Gasteiger partial charge is 0.258 e. The highest BCUT2D eigenvalue weighted by atomic mass is 16.5. The molecule has 202 valence electrons. The largest absolute Gasteiger partial charge is 0.493 e. The van der Waals surface area contributed by atoms with Gasteiger partial charge in [0.25, 0.3) is 11.8 Å². The van der Waals surface area contributed by atoms with E-state index >= 15 is 0 Å². The number of methoxy groups -OCH3 is 1. The van der Waals surface area contributed by atoms with Crippen molar-refractivity contribution in [1.29, 1.82) is 0 Å². The predicted octanol–water partition coefficient (Wildman–Crippen LogP) is 3.09. The molecule has 3 aromatic rings. The summed E-state index contributed by atoms with van der Waals surface area (Å²) in [5, 5.41) is 5.95. The Balaban J connectivity index is 1.52. The van der Waals surface area contributed by atoms with Crippen LogP contribution in [0.1, 0.15) is 28.4 Å². The summed E-state index contributed by atoms with van der Waals surface area (Å²) in [7, 11) is 1.54. The molecule has 0 spiro atoms. The topological polar surface area (TPSA) is 106 Å². The third-order valence-corrected chi connectivity index (χ3v) is 7.04. The number of likely N-dealkylation sites (tertiary alicyclic amines) is 1. The molecule has 1 fully saturated rings. The first kappa shape index (κ1) is 26.1. The molecule has 2 atom stereocenters. The van der Waals surface area contributed by atoms with Crippen molar-refractivity contribution in [3.05, 3.63) is 77.4 Å². The second kappa shape index (κ2) is 11.1. The van der Waals surface area contributed by atoms with Gasteiger partial charge in [-0.1, -0.05) is 24.3 Å². The summed E-state index contributed by atoms with van der Waals surface area (Å²) in [6.45, 7) is 4.27. The zero-order valence-electron chi connectivity index (χ0n) is 22.2. The van der Waals surface area contributed by atoms with Gasteiger partial charge in [0.05, 0.1) is 19.7 Å². The molecule has 3 amide bonds. The van der Waals surface area contributed by atoms with Crippen LogP contribution in [-0.2, 0) is 16.1 Å². The fourth-order valence-corrected chi connectivity index (χ4v) is 4.85. The number of ether oxygens (including phenoxy) is 3. The van der Waals surface area contributed by atoms with E-state index in [0.717, 1.165) is 22.3 Å². The zero-order valence-corrected chi connectivity index (χ0v) is 22.2. The Morgan fingerprint density at radius 3 is 2.67 bits per heavy atom. The van der Waals surface area contributed by atoms with Gasteiger partial charge in [-0.3, -0.25) is 14.4 Å². The van der Waals surface area contributed by atoms with Gasteiger partial charge < -0.3 is 29.7 Å². The van der Waals surface area contributed by atoms with Gasteiger partial charge in [0.2, 0.25) is 5.91 Å². The number of nitrogens with one attached hydrogen (secondary N) is 2. The second-order valence-corrected chi connectivity index (χ2v) is 9.77. The van der Waals surface area contributed by atoms with Crippen LogP contribution in [0, 0.1) is 6.92 Å². The number of fused-ring (bicyclic) bond motifs is 7. The summed E-state index contributed by atoms with van der Waals surface area (Å²) < 4.78 is 17.6. The van der Waals surface area contributed by atoms with Crippen LogP contribution >= 0.6 is 0 Å². The fraction of sp³-hybridized carbons (Fsp3) is 0.300. The van der Waals surface area contributed by atoms with Crippen molar-refractivity contribution in [2.75, 3.05) is 26.8 Å². The maximum atomic E-state index is 13.4. The maximum absolute atomic E-state index is 13.4. The van der Waals surface area contributed by atoms with Gasteiger partial charge in [-0.2, -0.15) is 0 Å². The molecule has 6 rings (SSSR count). The summed E-state index contributed by atoms with van der Waals surface area (Å²) in [5.41, 5.74) is 4.03. The van der Waals surface area contributed by atoms with Gasteiger partial charge in [0.1, 0.15) is 11.9 Å². The Hall–Kier alpha value is -4.53. The van der Waals surface area contributed by atoms with Crippen LogP contribution in [0.25, 0.3) is 11.1 Å². The highest BCUT2D eigenvalue weighted by Gasteiger charge is 2.37. The van der Waals surface area contributed by atoms with E-state index in [0.29, 0.717) is 35.9 Å². The second-order valence-electron chi connectivity index (χ2n) is 9.77. The number of hydrogen-bond donors (Lipinski definition) is 2. The SMILES string of the molecule is COc1cc2ccc1O[C@H]1CN(C(C)=O)C[C@@H]1NC(=O)c1ccc(C)c(c1)-c1cccc(c1)OCC(=O)NC2. The molecule has 9 heteroatoms. The number of carbonyl (C=O) groups excluding carboxylic acids is 3. The van der Waals surface area contributed by atoms with E-state index in [9.17, 15) is 14.4 Å². The van der Waals surface area contributed by atoms with Crippen LogP contribution in [0.4, 0.5) is 0 Å². The quantitative estimate of drug-likeness (QED) is 0.502. The lowest BCUT2D eigenvalue weighted by molar-refractivity contribution is -0.128. The lowest BCUT2D eigenvalue weighted by atomic mass is 9.97. The molecule has 0 unspecified atom stereocenters. The minimum absolute atomic E-state index is 0.0938. The van der Waals surface area contributed by atoms with Crippen molar-refractivity contribution in [3.63, 3.8) is 0 Å². The standard InChI is InChI=1S/C30H31N3O6/c1-18-7-9-22-13-24(18)21-5-4-6-23(12-21)38-17-29(35)31-14-20-8-10-26(27(11-20)37-3)39-28-16-33(19(2)34)15-25(28)32-30(22)36/h4-13,25,28H,14-17H2,1-3H3,(H,31,35)(H,32,36)/t25-,28-/m0/s1. The molecule has 1 saturated heterocycles. The van der Waals surface area contributed by atoms with Crippen molar-refractivity contribution in [2.24, 2.45) is 0 Å². The van der Waals surface area contributed by atoms with Gasteiger partial charge >= 0.3 is 0 Å². The number of rotatable bonds is 1. The summed E-state index contributed by atoms with van der Waals surface area (Å²) in [4.78, 5) is 39.8. The molecule has 3 aromatic carbocycles. The monoisotopic (exact) mass is 529 g/mol. The molecule has 0 aromatic heterocycles. The molecule has 2 N–H and O–H groups in total. The van der Waals surface area contributed by atoms with Crippen LogP contribution in [0.5, 0.6) is 17.2 Å². The molecule has 3 heterocycles. The lowest BCUT2D eigenvalue weighted by Gasteiger charge is -2.23. The first-order chi connectivity index (χ1) is 18.8. The van der Waals surface area contributed by atoms with E-state index in [-0.39, 0.29) is 30.9 Å². The Kier molecular flexibility index (Phi) is 7.40. The Labute approximate surface area is 227 Å². The van der Waals surface area contributed by atoms with Crippen LogP contribution in [0.15, 0.2) is 60.7 Å². The molecule has 3 aliphatic heterocycles. The Bertz CT molecular complexity index is 1420. The average molecular weight is 530 g/mol. The number of aryl methyl sites for hydroxylation is 1. The van der Waals surface area contributed by atoms with Gasteiger partial charge in [-0.05, 0) is 65.6 Å². The van der Waals surface area contributed by atoms with Crippen molar-refractivity contribution in [1.82, 2.24) is 15.5 Å². The van der Waals surface area contributed by atoms with Crippen molar-refractivity contribution < 1.29 is 28.6 Å². The molecule has 3 aliphatic rings. The van der Waals surface area contributed by atoms with Gasteiger partial charge in [-0.25, -0.2) is 0 Å². The highest BCUT2D eigenvalue weighted by molar-refractivity contribution is 5.96. The van der Waals surface area contributed by atoms with E-state index in [1.165, 1.54) is 14.0 Å². The molecular formula is C30H31N3O6. The summed E-state index contributed by atoms with van der Waals surface area (Å²) in [6, 6.07) is 17.9. The minimum Gasteiger partial charge on any atom is -0.493 e. The van der Waals surface area contributed by atoms with Crippen molar-refractivity contribution in [3.8, 4) is 28.4 Å². The molecule has 0 aliphatic carbocycles. The summed E-state index contributed by atoms with van der Waals surface area (Å²) >= 11 is 0. The number of amides is 3. The Morgan fingerprint density at radius 2 is 1.87 bits per heavy atom. The average Bonchev–Trinajstić information content (AvgIpc) is 3.33. The highest BCUT2D eigenvalue weighted by Crippen LogP contribution is 2.31. The van der Waals surface area contributed by atoms with E-state index in [1.54, 1.807) is 29.2 Å². The summed E-state index contributed by atoms with van der Waals surface area (Å²) in [5.74, 6) is 0.897. The lowest BCUT2D eigenvalue weighted by Crippen LogP contribution is -2.45. The molecule has 0 saturated carbocycles. The van der Waals surface area contributed by atoms with Gasteiger partial charge in [-0.15, -0.1) is 0 Å². The Morgan fingerprint density at radius 1 is 1.03 bits per heavy atom. The number of benzene rings is 3. The normalized spacial score (nSPS) is 19.2. The minimum atomic E-state index is -0.485. The molecule has 6 bridgehead atoms. The molecule has 39 heavy (non-hydrogen) atoms.